The summed E-state index contributed by atoms with van der Waals surface area (Å²) in [5.41, 5.74) is 3.66. The van der Waals surface area contributed by atoms with Gasteiger partial charge in [-0.15, -0.1) is 11.3 Å². The van der Waals surface area contributed by atoms with Gasteiger partial charge < -0.3 is 14.6 Å². The van der Waals surface area contributed by atoms with Crippen molar-refractivity contribution in [3.05, 3.63) is 81.3 Å². The number of aryl methyl sites for hydroxylation is 1. The van der Waals surface area contributed by atoms with Gasteiger partial charge in [-0.05, 0) is 43.3 Å². The molecule has 0 bridgehead atoms. The molecule has 1 amide bonds. The van der Waals surface area contributed by atoms with Gasteiger partial charge in [0.2, 0.25) is 0 Å². The first-order valence-corrected chi connectivity index (χ1v) is 10.5. The van der Waals surface area contributed by atoms with Crippen LogP contribution in [-0.4, -0.2) is 29.6 Å². The third-order valence-corrected chi connectivity index (χ3v) is 5.87. The Kier molecular flexibility index (Phi) is 6.88. The minimum Gasteiger partial charge on any atom is -0.469 e. The molecule has 0 aliphatic carbocycles. The molecule has 1 aromatic carbocycles. The maximum atomic E-state index is 13.0. The van der Waals surface area contributed by atoms with E-state index >= 15 is 0 Å². The van der Waals surface area contributed by atoms with Crippen LogP contribution in [0.15, 0.2) is 53.9 Å². The van der Waals surface area contributed by atoms with E-state index in [2.05, 4.69) is 21.3 Å². The van der Waals surface area contributed by atoms with Crippen LogP contribution in [0.1, 0.15) is 38.6 Å². The van der Waals surface area contributed by atoms with Gasteiger partial charge in [0.05, 0.1) is 25.6 Å². The molecule has 0 saturated heterocycles. The molecule has 0 aliphatic heterocycles. The molecule has 0 aliphatic rings. The van der Waals surface area contributed by atoms with Gasteiger partial charge in [-0.3, -0.25) is 9.59 Å². The predicted molar refractivity (Wildman–Crippen MR) is 115 cm³/mol. The molecular weight excluding hydrogens is 384 g/mol. The number of methoxy groups -OCH3 is 1. The van der Waals surface area contributed by atoms with Gasteiger partial charge in [0.1, 0.15) is 0 Å². The van der Waals surface area contributed by atoms with Crippen LogP contribution in [0, 0.1) is 13.8 Å². The first-order valence-electron chi connectivity index (χ1n) is 9.58. The van der Waals surface area contributed by atoms with E-state index in [1.54, 1.807) is 11.3 Å². The topological polar surface area (TPSA) is 60.3 Å². The van der Waals surface area contributed by atoms with Crippen molar-refractivity contribution < 1.29 is 14.3 Å². The third kappa shape index (κ3) is 5.35. The summed E-state index contributed by atoms with van der Waals surface area (Å²) >= 11 is 1.70. The smallest absolute Gasteiger partial charge is 0.307 e. The zero-order valence-corrected chi connectivity index (χ0v) is 17.8. The van der Waals surface area contributed by atoms with Gasteiger partial charge in [-0.1, -0.05) is 36.4 Å². The third-order valence-electron chi connectivity index (χ3n) is 5.01. The number of amides is 1. The molecule has 152 valence electrons. The molecular formula is C23H26N2O3S. The lowest BCUT2D eigenvalue weighted by atomic mass is 10.0. The van der Waals surface area contributed by atoms with Gasteiger partial charge in [0.15, 0.2) is 0 Å². The fourth-order valence-corrected chi connectivity index (χ4v) is 4.15. The quantitative estimate of drug-likeness (QED) is 0.568. The van der Waals surface area contributed by atoms with Crippen LogP contribution in [0.4, 0.5) is 0 Å². The van der Waals surface area contributed by atoms with Gasteiger partial charge in [-0.25, -0.2) is 0 Å². The van der Waals surface area contributed by atoms with Crippen molar-refractivity contribution in [1.29, 1.82) is 0 Å². The van der Waals surface area contributed by atoms with Crippen molar-refractivity contribution in [2.45, 2.75) is 39.3 Å². The highest BCUT2D eigenvalue weighted by Crippen LogP contribution is 2.20. The number of esters is 1. The summed E-state index contributed by atoms with van der Waals surface area (Å²) in [7, 11) is 1.36. The fourth-order valence-electron chi connectivity index (χ4n) is 3.45. The van der Waals surface area contributed by atoms with Gasteiger partial charge >= 0.3 is 5.97 Å². The van der Waals surface area contributed by atoms with Gasteiger partial charge in [-0.2, -0.15) is 0 Å². The Morgan fingerprint density at radius 1 is 1.14 bits per heavy atom. The van der Waals surface area contributed by atoms with Crippen molar-refractivity contribution in [3.8, 4) is 0 Å². The van der Waals surface area contributed by atoms with Crippen molar-refractivity contribution in [1.82, 2.24) is 9.88 Å². The molecule has 29 heavy (non-hydrogen) atoms. The van der Waals surface area contributed by atoms with Gasteiger partial charge in [0, 0.05) is 22.3 Å². The molecule has 3 aromatic rings. The standard InChI is InChI=1S/C23H26N2O3S/c1-16-12-21(17(2)25(16)15-20-10-7-11-29-20)23(27)24-19(14-22(26)28-3)13-18-8-5-4-6-9-18/h4-12,19H,13-15H2,1-3H3,(H,24,27). The minimum atomic E-state index is -0.339. The molecule has 6 heteroatoms. The summed E-state index contributed by atoms with van der Waals surface area (Å²) in [6, 6.07) is 15.5. The summed E-state index contributed by atoms with van der Waals surface area (Å²) in [6.45, 7) is 4.72. The second-order valence-corrected chi connectivity index (χ2v) is 8.12. The molecule has 5 nitrogen and oxygen atoms in total. The van der Waals surface area contributed by atoms with Crippen LogP contribution in [0.2, 0.25) is 0 Å². The zero-order valence-electron chi connectivity index (χ0n) is 17.0. The van der Waals surface area contributed by atoms with E-state index in [1.807, 2.05) is 56.3 Å². The molecule has 0 spiro atoms. The lowest BCUT2D eigenvalue weighted by Gasteiger charge is -2.18. The predicted octanol–water partition coefficient (Wildman–Crippen LogP) is 4.12. The number of rotatable bonds is 8. The molecule has 3 rings (SSSR count). The van der Waals surface area contributed by atoms with Crippen molar-refractivity contribution in [2.75, 3.05) is 7.11 Å². The van der Waals surface area contributed by atoms with E-state index in [1.165, 1.54) is 12.0 Å². The summed E-state index contributed by atoms with van der Waals surface area (Å²) in [5, 5.41) is 5.09. The van der Waals surface area contributed by atoms with E-state index in [9.17, 15) is 9.59 Å². The number of aromatic nitrogens is 1. The van der Waals surface area contributed by atoms with Crippen molar-refractivity contribution in [3.63, 3.8) is 0 Å². The summed E-state index contributed by atoms with van der Waals surface area (Å²) < 4.78 is 6.96. The molecule has 0 radical (unpaired) electrons. The van der Waals surface area contributed by atoms with Crippen molar-refractivity contribution in [2.24, 2.45) is 0 Å². The van der Waals surface area contributed by atoms with Crippen LogP contribution in [0.25, 0.3) is 0 Å². The molecule has 2 heterocycles. The second kappa shape index (κ2) is 9.56. The van der Waals surface area contributed by atoms with Crippen molar-refractivity contribution >= 4 is 23.2 Å². The Labute approximate surface area is 175 Å². The molecule has 1 atom stereocenters. The average molecular weight is 411 g/mol. The Morgan fingerprint density at radius 2 is 1.90 bits per heavy atom. The first kappa shape index (κ1) is 20.9. The van der Waals surface area contributed by atoms with E-state index in [-0.39, 0.29) is 24.3 Å². The molecule has 0 fully saturated rings. The highest BCUT2D eigenvalue weighted by molar-refractivity contribution is 7.09. The average Bonchev–Trinajstić information content (AvgIpc) is 3.32. The minimum absolute atomic E-state index is 0.130. The zero-order chi connectivity index (χ0) is 20.8. The number of hydrogen-bond acceptors (Lipinski definition) is 4. The Morgan fingerprint density at radius 3 is 2.55 bits per heavy atom. The Bertz CT molecular complexity index is 962. The van der Waals surface area contributed by atoms with E-state index in [0.29, 0.717) is 12.0 Å². The van der Waals surface area contributed by atoms with Crippen LogP contribution in [0.5, 0.6) is 0 Å². The monoisotopic (exact) mass is 410 g/mol. The normalized spacial score (nSPS) is 11.8. The van der Waals surface area contributed by atoms with Gasteiger partial charge in [0.25, 0.3) is 5.91 Å². The number of ether oxygens (including phenoxy) is 1. The largest absolute Gasteiger partial charge is 0.469 e. The maximum Gasteiger partial charge on any atom is 0.307 e. The van der Waals surface area contributed by atoms with E-state index in [4.69, 9.17) is 4.74 Å². The number of nitrogens with one attached hydrogen (secondary N) is 1. The lowest BCUT2D eigenvalue weighted by molar-refractivity contribution is -0.141. The number of hydrogen-bond donors (Lipinski definition) is 1. The summed E-state index contributed by atoms with van der Waals surface area (Å²) in [6.07, 6.45) is 0.695. The highest BCUT2D eigenvalue weighted by atomic mass is 32.1. The van der Waals surface area contributed by atoms with E-state index in [0.717, 1.165) is 23.5 Å². The lowest BCUT2D eigenvalue weighted by Crippen LogP contribution is -2.38. The number of nitrogens with zero attached hydrogens (tertiary/aromatic N) is 1. The number of carbonyl (C=O) groups excluding carboxylic acids is 2. The highest BCUT2D eigenvalue weighted by Gasteiger charge is 2.21. The number of carbonyl (C=O) groups is 2. The molecule has 0 saturated carbocycles. The Balaban J connectivity index is 1.77. The second-order valence-electron chi connectivity index (χ2n) is 7.09. The maximum absolute atomic E-state index is 13.0. The molecule has 1 unspecified atom stereocenters. The molecule has 2 aromatic heterocycles. The van der Waals surface area contributed by atoms with E-state index < -0.39 is 0 Å². The van der Waals surface area contributed by atoms with Crippen LogP contribution >= 0.6 is 11.3 Å². The summed E-state index contributed by atoms with van der Waals surface area (Å²) in [4.78, 5) is 26.1. The first-order chi connectivity index (χ1) is 14.0. The molecule has 1 N–H and O–H groups in total. The number of thiophene rings is 1. The fraction of sp³-hybridized carbons (Fsp3) is 0.304. The van der Waals surface area contributed by atoms with Crippen LogP contribution in [-0.2, 0) is 22.5 Å². The number of benzene rings is 1. The Hall–Kier alpha value is -2.86. The SMILES string of the molecule is COC(=O)CC(Cc1ccccc1)NC(=O)c1cc(C)n(Cc2cccs2)c1C. The van der Waals surface area contributed by atoms with Crippen LogP contribution < -0.4 is 5.32 Å². The van der Waals surface area contributed by atoms with Crippen LogP contribution in [0.3, 0.4) is 0 Å². The summed E-state index contributed by atoms with van der Waals surface area (Å²) in [5.74, 6) is -0.505.